The van der Waals surface area contributed by atoms with Crippen molar-refractivity contribution in [3.8, 4) is 11.5 Å². The highest BCUT2D eigenvalue weighted by Crippen LogP contribution is 2.50. The topological polar surface area (TPSA) is 88.2 Å². The first kappa shape index (κ1) is 32.1. The predicted octanol–water partition coefficient (Wildman–Crippen LogP) is 7.82. The van der Waals surface area contributed by atoms with Crippen molar-refractivity contribution in [2.24, 2.45) is 0 Å². The van der Waals surface area contributed by atoms with Crippen LogP contribution in [-0.4, -0.2) is 38.0 Å². The zero-order valence-corrected chi connectivity index (χ0v) is 28.3. The molecule has 8 rings (SSSR count). The van der Waals surface area contributed by atoms with E-state index in [1.807, 2.05) is 78.9 Å². The normalized spacial score (nSPS) is 19.1. The molecule has 5 aromatic rings. The number of hydrogen-bond donors (Lipinski definition) is 1. The Labute approximate surface area is 296 Å². The third-order valence-corrected chi connectivity index (χ3v) is 10.1. The van der Waals surface area contributed by atoms with E-state index in [0.717, 1.165) is 47.5 Å². The maximum absolute atomic E-state index is 14.3. The lowest BCUT2D eigenvalue weighted by molar-refractivity contribution is -0.122. The fourth-order valence-corrected chi connectivity index (χ4v) is 7.66. The number of urea groups is 1. The molecule has 0 bridgehead atoms. The van der Waals surface area contributed by atoms with Crippen LogP contribution in [0.25, 0.3) is 6.08 Å². The van der Waals surface area contributed by atoms with E-state index in [4.69, 9.17) is 9.47 Å². The number of nitrogens with one attached hydrogen (secondary N) is 1. The van der Waals surface area contributed by atoms with E-state index in [1.165, 1.54) is 30.0 Å². The minimum absolute atomic E-state index is 0.0837. The van der Waals surface area contributed by atoms with E-state index in [-0.39, 0.29) is 17.4 Å². The number of ether oxygens (including phenoxy) is 2. The molecule has 0 spiro atoms. The SMILES string of the molecule is COc1cc(/C=C2\C(=O)NC(=O)N(c3cc4c5c(c3)[C@@H](c3ccccc3)CCN5CC[C@@H]4c3ccccc3)C2=O)ccc1OCc1ccccc1. The lowest BCUT2D eigenvalue weighted by atomic mass is 9.76. The third-order valence-electron chi connectivity index (χ3n) is 10.1. The lowest BCUT2D eigenvalue weighted by Gasteiger charge is -2.44. The predicted molar refractivity (Wildman–Crippen MR) is 197 cm³/mol. The summed E-state index contributed by atoms with van der Waals surface area (Å²) in [6.07, 6.45) is 3.31. The average Bonchev–Trinajstić information content (AvgIpc) is 3.17. The molecule has 0 aromatic heterocycles. The molecule has 3 heterocycles. The Balaban J connectivity index is 1.18. The number of rotatable bonds is 8. The van der Waals surface area contributed by atoms with E-state index in [9.17, 15) is 14.4 Å². The van der Waals surface area contributed by atoms with Crippen LogP contribution in [0.3, 0.4) is 0 Å². The average molecular weight is 676 g/mol. The number of carbonyl (C=O) groups excluding carboxylic acids is 3. The molecule has 8 nitrogen and oxygen atoms in total. The van der Waals surface area contributed by atoms with E-state index >= 15 is 0 Å². The molecule has 3 aliphatic heterocycles. The molecule has 51 heavy (non-hydrogen) atoms. The smallest absolute Gasteiger partial charge is 0.335 e. The maximum atomic E-state index is 14.3. The van der Waals surface area contributed by atoms with Crippen LogP contribution in [0.4, 0.5) is 16.2 Å². The molecule has 4 amide bonds. The molecular weight excluding hydrogens is 638 g/mol. The maximum Gasteiger partial charge on any atom is 0.335 e. The summed E-state index contributed by atoms with van der Waals surface area (Å²) in [7, 11) is 1.54. The first-order valence-corrected chi connectivity index (χ1v) is 17.3. The number of benzene rings is 5. The zero-order valence-electron chi connectivity index (χ0n) is 28.3. The Kier molecular flexibility index (Phi) is 8.57. The summed E-state index contributed by atoms with van der Waals surface area (Å²) < 4.78 is 11.6. The molecule has 0 saturated carbocycles. The van der Waals surface area contributed by atoms with Gasteiger partial charge in [0.15, 0.2) is 11.5 Å². The fraction of sp³-hybridized carbons (Fsp3) is 0.186. The van der Waals surface area contributed by atoms with Gasteiger partial charge in [0.25, 0.3) is 11.8 Å². The molecule has 5 aromatic carbocycles. The van der Waals surface area contributed by atoms with Gasteiger partial charge in [0.2, 0.25) is 0 Å². The Hall–Kier alpha value is -6.15. The molecule has 1 fully saturated rings. The molecule has 3 aliphatic rings. The Morgan fingerprint density at radius 1 is 0.725 bits per heavy atom. The van der Waals surface area contributed by atoms with E-state index < -0.39 is 17.8 Å². The number of hydrogen-bond acceptors (Lipinski definition) is 6. The molecule has 8 heteroatoms. The summed E-state index contributed by atoms with van der Waals surface area (Å²) in [5.74, 6) is -0.290. The van der Waals surface area contributed by atoms with Crippen LogP contribution in [0.1, 0.15) is 58.1 Å². The minimum Gasteiger partial charge on any atom is -0.493 e. The largest absolute Gasteiger partial charge is 0.493 e. The molecule has 0 unspecified atom stereocenters. The molecule has 0 aliphatic carbocycles. The summed E-state index contributed by atoms with van der Waals surface area (Å²) >= 11 is 0. The van der Waals surface area contributed by atoms with Gasteiger partial charge in [-0.05, 0) is 76.6 Å². The van der Waals surface area contributed by atoms with E-state index in [2.05, 4.69) is 34.5 Å². The zero-order chi connectivity index (χ0) is 34.9. The van der Waals surface area contributed by atoms with Crippen molar-refractivity contribution in [2.75, 3.05) is 30.0 Å². The van der Waals surface area contributed by atoms with Crippen LogP contribution in [0.2, 0.25) is 0 Å². The minimum atomic E-state index is -0.771. The number of anilines is 2. The lowest BCUT2D eigenvalue weighted by Crippen LogP contribution is -2.54. The Morgan fingerprint density at radius 3 is 1.90 bits per heavy atom. The molecular formula is C43H37N3O5. The van der Waals surface area contributed by atoms with Gasteiger partial charge in [0.05, 0.1) is 12.8 Å². The summed E-state index contributed by atoms with van der Waals surface area (Å²) in [6.45, 7) is 2.20. The Bertz CT molecular complexity index is 2080. The monoisotopic (exact) mass is 675 g/mol. The Morgan fingerprint density at radius 2 is 1.31 bits per heavy atom. The van der Waals surface area contributed by atoms with Crippen molar-refractivity contribution < 1.29 is 23.9 Å². The highest BCUT2D eigenvalue weighted by molar-refractivity contribution is 6.39. The van der Waals surface area contributed by atoms with Gasteiger partial charge in [-0.15, -0.1) is 0 Å². The fourth-order valence-electron chi connectivity index (χ4n) is 7.66. The van der Waals surface area contributed by atoms with Gasteiger partial charge < -0.3 is 14.4 Å². The van der Waals surface area contributed by atoms with Crippen molar-refractivity contribution in [3.63, 3.8) is 0 Å². The summed E-state index contributed by atoms with van der Waals surface area (Å²) in [5, 5.41) is 2.43. The van der Waals surface area contributed by atoms with Crippen molar-refractivity contribution in [1.29, 1.82) is 0 Å². The van der Waals surface area contributed by atoms with Crippen LogP contribution in [0.5, 0.6) is 11.5 Å². The van der Waals surface area contributed by atoms with Crippen LogP contribution in [0.15, 0.2) is 127 Å². The first-order chi connectivity index (χ1) is 25.0. The van der Waals surface area contributed by atoms with Crippen LogP contribution in [-0.2, 0) is 16.2 Å². The van der Waals surface area contributed by atoms with E-state index in [0.29, 0.717) is 29.4 Å². The summed E-state index contributed by atoms with van der Waals surface area (Å²) in [6, 6.07) is 39.0. The number of imide groups is 2. The highest BCUT2D eigenvalue weighted by atomic mass is 16.5. The molecule has 2 atom stereocenters. The van der Waals surface area contributed by atoms with Crippen LogP contribution < -0.4 is 24.6 Å². The van der Waals surface area contributed by atoms with Crippen LogP contribution >= 0.6 is 0 Å². The van der Waals surface area contributed by atoms with Gasteiger partial charge in [-0.25, -0.2) is 9.69 Å². The van der Waals surface area contributed by atoms with Crippen molar-refractivity contribution in [3.05, 3.63) is 160 Å². The number of barbiturate groups is 1. The second-order valence-electron chi connectivity index (χ2n) is 13.1. The molecule has 0 radical (unpaired) electrons. The quantitative estimate of drug-likeness (QED) is 0.133. The molecule has 1 saturated heterocycles. The van der Waals surface area contributed by atoms with Gasteiger partial charge in [-0.3, -0.25) is 14.9 Å². The van der Waals surface area contributed by atoms with E-state index in [1.54, 1.807) is 18.2 Å². The second kappa shape index (κ2) is 13.6. The summed E-state index contributed by atoms with van der Waals surface area (Å²) in [5.41, 5.74) is 7.57. The van der Waals surface area contributed by atoms with Gasteiger partial charge in [0.1, 0.15) is 12.2 Å². The highest BCUT2D eigenvalue weighted by Gasteiger charge is 2.40. The standard InChI is InChI=1S/C43H37N3O5/c1-50-39-24-29(17-18-38(39)51-27-28-11-5-2-6-12-28)23-37-41(47)44-43(49)46(42(37)48)32-25-35-33(30-13-7-3-8-14-30)19-21-45-22-20-34(36(26-32)40(35)45)31-15-9-4-10-16-31/h2-18,23-26,33-34H,19-22,27H2,1H3,(H,44,47,49)/b37-23+/t33-,34-/m1/s1. The first-order valence-electron chi connectivity index (χ1n) is 17.3. The molecule has 1 N–H and O–H groups in total. The number of nitrogens with zero attached hydrogens (tertiary/aromatic N) is 2. The number of carbonyl (C=O) groups is 3. The number of amides is 4. The van der Waals surface area contributed by atoms with Gasteiger partial charge in [0, 0.05) is 30.6 Å². The van der Waals surface area contributed by atoms with Crippen LogP contribution in [0, 0.1) is 0 Å². The number of methoxy groups -OCH3 is 1. The second-order valence-corrected chi connectivity index (χ2v) is 13.1. The van der Waals surface area contributed by atoms with Crippen molar-refractivity contribution in [2.45, 2.75) is 31.3 Å². The van der Waals surface area contributed by atoms with Gasteiger partial charge in [-0.2, -0.15) is 0 Å². The molecule has 254 valence electrons. The van der Waals surface area contributed by atoms with Crippen molar-refractivity contribution in [1.82, 2.24) is 5.32 Å². The third kappa shape index (κ3) is 6.14. The summed E-state index contributed by atoms with van der Waals surface area (Å²) in [4.78, 5) is 44.7. The van der Waals surface area contributed by atoms with Gasteiger partial charge >= 0.3 is 6.03 Å². The van der Waals surface area contributed by atoms with Crippen molar-refractivity contribution >= 4 is 35.3 Å². The van der Waals surface area contributed by atoms with Gasteiger partial charge in [-0.1, -0.05) is 97.1 Å².